The van der Waals surface area contributed by atoms with Gasteiger partial charge in [-0.3, -0.25) is 10.1 Å². The fraction of sp³-hybridized carbons (Fsp3) is 0.933. The smallest absolute Gasteiger partial charge is 0.244 e. The van der Waals surface area contributed by atoms with E-state index in [1.165, 1.54) is 6.42 Å². The van der Waals surface area contributed by atoms with Gasteiger partial charge in [0.1, 0.15) is 0 Å². The van der Waals surface area contributed by atoms with Gasteiger partial charge in [0.25, 0.3) is 0 Å². The van der Waals surface area contributed by atoms with Gasteiger partial charge in [0, 0.05) is 7.11 Å². The van der Waals surface area contributed by atoms with Crippen LogP contribution in [0.4, 0.5) is 0 Å². The van der Waals surface area contributed by atoms with Gasteiger partial charge < -0.3 is 9.64 Å². The number of methoxy groups -OCH3 is 1. The zero-order chi connectivity index (χ0) is 13.7. The van der Waals surface area contributed by atoms with Gasteiger partial charge >= 0.3 is 0 Å². The van der Waals surface area contributed by atoms with Gasteiger partial charge in [-0.25, -0.2) is 0 Å². The van der Waals surface area contributed by atoms with Crippen LogP contribution in [-0.4, -0.2) is 41.8 Å². The molecule has 1 aliphatic heterocycles. The summed E-state index contributed by atoms with van der Waals surface area (Å²) in [5.74, 6) is 0.920. The maximum atomic E-state index is 12.6. The van der Waals surface area contributed by atoms with Crippen molar-refractivity contribution < 1.29 is 9.53 Å². The van der Waals surface area contributed by atoms with E-state index < -0.39 is 0 Å². The third kappa shape index (κ3) is 2.19. The third-order valence-corrected chi connectivity index (χ3v) is 5.09. The lowest BCUT2D eigenvalue weighted by Crippen LogP contribution is -2.53. The average Bonchev–Trinajstić information content (AvgIpc) is 3.03. The Morgan fingerprint density at radius 3 is 2.47 bits per heavy atom. The Morgan fingerprint density at radius 2 is 2.05 bits per heavy atom. The Labute approximate surface area is 115 Å². The lowest BCUT2D eigenvalue weighted by Gasteiger charge is -2.44. The normalized spacial score (nSPS) is 31.1. The van der Waals surface area contributed by atoms with Crippen molar-refractivity contribution in [3.05, 3.63) is 0 Å². The molecule has 0 aromatic heterocycles. The predicted molar refractivity (Wildman–Crippen MR) is 73.6 cm³/mol. The minimum atomic E-state index is -0.196. The molecule has 0 bridgehead atoms. The number of carbonyl (C=O) groups is 1. The van der Waals surface area contributed by atoms with Crippen molar-refractivity contribution in [2.45, 2.75) is 69.7 Å². The highest BCUT2D eigenvalue weighted by Crippen LogP contribution is 2.45. The summed E-state index contributed by atoms with van der Waals surface area (Å²) in [7, 11) is 1.79. The molecule has 4 heteroatoms. The van der Waals surface area contributed by atoms with Crippen LogP contribution in [0.3, 0.4) is 0 Å². The van der Waals surface area contributed by atoms with Crippen molar-refractivity contribution in [1.82, 2.24) is 10.2 Å². The van der Waals surface area contributed by atoms with Gasteiger partial charge in [-0.05, 0) is 44.4 Å². The number of carbonyl (C=O) groups excluding carboxylic acids is 1. The first-order valence-corrected chi connectivity index (χ1v) is 7.64. The van der Waals surface area contributed by atoms with E-state index in [0.717, 1.165) is 38.6 Å². The first-order chi connectivity index (χ1) is 9.00. The Hall–Kier alpha value is -0.610. The summed E-state index contributed by atoms with van der Waals surface area (Å²) in [6, 6.07) is 0. The monoisotopic (exact) mass is 266 g/mol. The van der Waals surface area contributed by atoms with Crippen LogP contribution in [0.2, 0.25) is 0 Å². The molecule has 3 aliphatic rings. The van der Waals surface area contributed by atoms with E-state index in [4.69, 9.17) is 4.74 Å². The summed E-state index contributed by atoms with van der Waals surface area (Å²) in [6.07, 6.45) is 6.68. The standard InChI is InChI=1S/C15H26N2O2/c1-11(2)9-12-16-15(7-8-15)13(18)17(12)10-14(19-3)5-4-6-14/h11-12,16H,4-10H2,1-3H3. The van der Waals surface area contributed by atoms with E-state index in [9.17, 15) is 4.79 Å². The van der Waals surface area contributed by atoms with Crippen LogP contribution in [0, 0.1) is 5.92 Å². The molecular formula is C15H26N2O2. The molecule has 1 atom stereocenters. The largest absolute Gasteiger partial charge is 0.376 e. The highest BCUT2D eigenvalue weighted by Gasteiger charge is 2.60. The van der Waals surface area contributed by atoms with Gasteiger partial charge in [-0.15, -0.1) is 0 Å². The number of hydrogen-bond acceptors (Lipinski definition) is 3. The van der Waals surface area contributed by atoms with Crippen molar-refractivity contribution in [2.24, 2.45) is 5.92 Å². The molecule has 108 valence electrons. The first kappa shape index (κ1) is 13.4. The van der Waals surface area contributed by atoms with Gasteiger partial charge in [-0.1, -0.05) is 13.8 Å². The van der Waals surface area contributed by atoms with Crippen LogP contribution in [-0.2, 0) is 9.53 Å². The third-order valence-electron chi connectivity index (χ3n) is 5.09. The van der Waals surface area contributed by atoms with Crippen molar-refractivity contribution >= 4 is 5.91 Å². The molecule has 1 amide bonds. The van der Waals surface area contributed by atoms with Crippen molar-refractivity contribution in [1.29, 1.82) is 0 Å². The lowest BCUT2D eigenvalue weighted by atomic mass is 9.79. The number of amides is 1. The second kappa shape index (κ2) is 4.45. The van der Waals surface area contributed by atoms with E-state index in [1.54, 1.807) is 7.11 Å². The molecule has 1 unspecified atom stereocenters. The Morgan fingerprint density at radius 1 is 1.37 bits per heavy atom. The number of nitrogens with zero attached hydrogens (tertiary/aromatic N) is 1. The predicted octanol–water partition coefficient (Wildman–Crippen LogP) is 1.89. The quantitative estimate of drug-likeness (QED) is 0.826. The molecule has 1 N–H and O–H groups in total. The summed E-state index contributed by atoms with van der Waals surface area (Å²) in [5, 5.41) is 3.59. The summed E-state index contributed by atoms with van der Waals surface area (Å²) in [5.41, 5.74) is -0.259. The Kier molecular flexibility index (Phi) is 3.13. The molecule has 0 aromatic carbocycles. The molecule has 2 aliphatic carbocycles. The number of ether oxygens (including phenoxy) is 1. The maximum Gasteiger partial charge on any atom is 0.244 e. The molecule has 4 nitrogen and oxygen atoms in total. The minimum Gasteiger partial charge on any atom is -0.376 e. The highest BCUT2D eigenvalue weighted by molar-refractivity contribution is 5.91. The summed E-state index contributed by atoms with van der Waals surface area (Å²) in [4.78, 5) is 14.7. The molecule has 19 heavy (non-hydrogen) atoms. The van der Waals surface area contributed by atoms with Crippen molar-refractivity contribution in [2.75, 3.05) is 13.7 Å². The average molecular weight is 266 g/mol. The minimum absolute atomic E-state index is 0.0625. The number of rotatable bonds is 5. The van der Waals surface area contributed by atoms with Crippen molar-refractivity contribution in [3.63, 3.8) is 0 Å². The fourth-order valence-electron chi connectivity index (χ4n) is 3.48. The molecule has 1 heterocycles. The number of hydrogen-bond donors (Lipinski definition) is 1. The highest BCUT2D eigenvalue weighted by atomic mass is 16.5. The molecule has 0 radical (unpaired) electrons. The van der Waals surface area contributed by atoms with Gasteiger partial charge in [-0.2, -0.15) is 0 Å². The SMILES string of the molecule is COC1(CN2C(=O)C3(CC3)NC2CC(C)C)CCC1. The molecule has 0 aromatic rings. The van der Waals surface area contributed by atoms with Gasteiger partial charge in [0.2, 0.25) is 5.91 Å². The van der Waals surface area contributed by atoms with E-state index >= 15 is 0 Å². The van der Waals surface area contributed by atoms with E-state index in [1.807, 2.05) is 0 Å². The second-order valence-corrected chi connectivity index (χ2v) is 7.05. The van der Waals surface area contributed by atoms with Crippen LogP contribution >= 0.6 is 0 Å². The zero-order valence-electron chi connectivity index (χ0n) is 12.4. The number of nitrogens with one attached hydrogen (secondary N) is 1. The summed E-state index contributed by atoms with van der Waals surface area (Å²) < 4.78 is 5.70. The van der Waals surface area contributed by atoms with Crippen LogP contribution in [0.1, 0.15) is 52.4 Å². The summed E-state index contributed by atoms with van der Waals surface area (Å²) in [6.45, 7) is 5.21. The van der Waals surface area contributed by atoms with Gasteiger partial charge in [0.05, 0.1) is 23.9 Å². The van der Waals surface area contributed by atoms with Crippen molar-refractivity contribution in [3.8, 4) is 0 Å². The van der Waals surface area contributed by atoms with Crippen LogP contribution in [0.5, 0.6) is 0 Å². The fourth-order valence-corrected chi connectivity index (χ4v) is 3.48. The summed E-state index contributed by atoms with van der Waals surface area (Å²) >= 11 is 0. The van der Waals surface area contributed by atoms with Gasteiger partial charge in [0.15, 0.2) is 0 Å². The van der Waals surface area contributed by atoms with E-state index in [2.05, 4.69) is 24.1 Å². The molecular weight excluding hydrogens is 240 g/mol. The van der Waals surface area contributed by atoms with E-state index in [0.29, 0.717) is 11.8 Å². The molecule has 2 saturated carbocycles. The Bertz CT molecular complexity index is 367. The van der Waals surface area contributed by atoms with Crippen LogP contribution in [0.15, 0.2) is 0 Å². The van der Waals surface area contributed by atoms with E-state index in [-0.39, 0.29) is 17.3 Å². The zero-order valence-corrected chi connectivity index (χ0v) is 12.4. The Balaban J connectivity index is 1.74. The van der Waals surface area contributed by atoms with Crippen LogP contribution in [0.25, 0.3) is 0 Å². The first-order valence-electron chi connectivity index (χ1n) is 7.64. The molecule has 1 spiro atoms. The van der Waals surface area contributed by atoms with Crippen LogP contribution < -0.4 is 5.32 Å². The molecule has 1 saturated heterocycles. The second-order valence-electron chi connectivity index (χ2n) is 7.05. The molecule has 3 fully saturated rings. The molecule has 3 rings (SSSR count). The topological polar surface area (TPSA) is 41.6 Å². The maximum absolute atomic E-state index is 12.6. The lowest BCUT2D eigenvalue weighted by molar-refractivity contribution is -0.141.